The third-order valence-electron chi connectivity index (χ3n) is 4.30. The van der Waals surface area contributed by atoms with E-state index < -0.39 is 16.7 Å². The van der Waals surface area contributed by atoms with Gasteiger partial charge < -0.3 is 9.47 Å². The Morgan fingerprint density at radius 2 is 1.81 bits per heavy atom. The van der Waals surface area contributed by atoms with Gasteiger partial charge in [-0.3, -0.25) is 10.1 Å². The Morgan fingerprint density at radius 1 is 1.10 bits per heavy atom. The van der Waals surface area contributed by atoms with Gasteiger partial charge in [-0.1, -0.05) is 24.3 Å². The molecule has 0 aromatic heterocycles. The van der Waals surface area contributed by atoms with Crippen LogP contribution in [-0.4, -0.2) is 18.0 Å². The van der Waals surface area contributed by atoms with Gasteiger partial charge in [0.15, 0.2) is 11.5 Å². The molecule has 0 heterocycles. The molecule has 0 aliphatic rings. The fourth-order valence-electron chi connectivity index (χ4n) is 2.75. The molecule has 0 saturated heterocycles. The lowest BCUT2D eigenvalue weighted by Crippen LogP contribution is -2.09. The number of nitro groups is 1. The molecule has 0 bridgehead atoms. The van der Waals surface area contributed by atoms with Crippen LogP contribution >= 0.6 is 0 Å². The molecule has 0 saturated carbocycles. The summed E-state index contributed by atoms with van der Waals surface area (Å²) in [6, 6.07) is 17.5. The second-order valence-corrected chi connectivity index (χ2v) is 6.25. The fraction of sp³-hybridized carbons (Fsp3) is 0.0435. The van der Waals surface area contributed by atoms with Crippen LogP contribution < -0.4 is 9.47 Å². The number of hydrogen-bond donors (Lipinski definition) is 0. The van der Waals surface area contributed by atoms with Crippen LogP contribution in [0.25, 0.3) is 11.6 Å². The molecule has 31 heavy (non-hydrogen) atoms. The molecule has 0 aliphatic carbocycles. The van der Waals surface area contributed by atoms with Gasteiger partial charge in [-0.15, -0.1) is 0 Å². The minimum absolute atomic E-state index is 0.118. The first-order valence-electron chi connectivity index (χ1n) is 8.94. The van der Waals surface area contributed by atoms with Crippen LogP contribution in [0, 0.1) is 27.3 Å². The molecule has 8 heteroatoms. The van der Waals surface area contributed by atoms with Crippen molar-refractivity contribution in [3.63, 3.8) is 0 Å². The lowest BCUT2D eigenvalue weighted by molar-refractivity contribution is -0.384. The average molecular weight is 418 g/mol. The topological polar surface area (TPSA) is 102 Å². The molecule has 154 valence electrons. The molecule has 0 amide bonds. The lowest BCUT2D eigenvalue weighted by Gasteiger charge is -2.10. The summed E-state index contributed by atoms with van der Waals surface area (Å²) in [5.74, 6) is -0.904. The van der Waals surface area contributed by atoms with Crippen molar-refractivity contribution in [2.75, 3.05) is 7.11 Å². The predicted molar refractivity (Wildman–Crippen MR) is 111 cm³/mol. The number of methoxy groups -OCH3 is 1. The molecule has 3 aromatic carbocycles. The highest BCUT2D eigenvalue weighted by molar-refractivity contribution is 5.92. The Labute approximate surface area is 176 Å². The average Bonchev–Trinajstić information content (AvgIpc) is 2.78. The third kappa shape index (κ3) is 4.92. The monoisotopic (exact) mass is 418 g/mol. The standard InChI is InChI=1S/C23H15FN2O5/c1-30-22-13-15(12-17(14-25)19-4-2-3-5-20(19)24)6-11-21(22)31-23(27)16-7-9-18(10-8-16)26(28)29/h2-13H,1H3/b17-12-. The third-order valence-corrected chi connectivity index (χ3v) is 4.30. The minimum Gasteiger partial charge on any atom is -0.493 e. The van der Waals surface area contributed by atoms with Gasteiger partial charge in [0.2, 0.25) is 0 Å². The first kappa shape index (κ1) is 21.2. The van der Waals surface area contributed by atoms with Crippen molar-refractivity contribution in [3.05, 3.63) is 99.4 Å². The number of ether oxygens (including phenoxy) is 2. The van der Waals surface area contributed by atoms with E-state index in [1.165, 1.54) is 67.8 Å². The number of non-ortho nitro benzene ring substituents is 1. The van der Waals surface area contributed by atoms with E-state index in [-0.39, 0.29) is 33.9 Å². The van der Waals surface area contributed by atoms with Gasteiger partial charge in [-0.25, -0.2) is 9.18 Å². The smallest absolute Gasteiger partial charge is 0.343 e. The quantitative estimate of drug-likeness (QED) is 0.139. The molecular weight excluding hydrogens is 403 g/mol. The van der Waals surface area contributed by atoms with E-state index in [4.69, 9.17) is 9.47 Å². The number of carbonyl (C=O) groups is 1. The molecule has 0 fully saturated rings. The molecule has 3 rings (SSSR count). The molecule has 7 nitrogen and oxygen atoms in total. The van der Waals surface area contributed by atoms with Crippen molar-refractivity contribution in [2.45, 2.75) is 0 Å². The van der Waals surface area contributed by atoms with Gasteiger partial charge >= 0.3 is 5.97 Å². The van der Waals surface area contributed by atoms with E-state index in [1.807, 2.05) is 6.07 Å². The largest absolute Gasteiger partial charge is 0.493 e. The van der Waals surface area contributed by atoms with Gasteiger partial charge in [-0.2, -0.15) is 5.26 Å². The van der Waals surface area contributed by atoms with Crippen LogP contribution in [0.4, 0.5) is 10.1 Å². The number of benzene rings is 3. The van der Waals surface area contributed by atoms with Crippen molar-refractivity contribution >= 4 is 23.3 Å². The summed E-state index contributed by atoms with van der Waals surface area (Å²) in [7, 11) is 1.38. The van der Waals surface area contributed by atoms with E-state index in [0.29, 0.717) is 5.56 Å². The molecule has 0 unspecified atom stereocenters. The Hall–Kier alpha value is -4.51. The summed E-state index contributed by atoms with van der Waals surface area (Å²) in [6.07, 6.45) is 1.49. The van der Waals surface area contributed by atoms with Crippen LogP contribution in [0.2, 0.25) is 0 Å². The minimum atomic E-state index is -0.722. The molecule has 0 atom stereocenters. The maximum Gasteiger partial charge on any atom is 0.343 e. The van der Waals surface area contributed by atoms with Gasteiger partial charge in [0, 0.05) is 17.7 Å². The normalized spacial score (nSPS) is 10.8. The zero-order valence-electron chi connectivity index (χ0n) is 16.2. The van der Waals surface area contributed by atoms with E-state index in [2.05, 4.69) is 0 Å². The van der Waals surface area contributed by atoms with Gasteiger partial charge in [0.25, 0.3) is 5.69 Å². The lowest BCUT2D eigenvalue weighted by atomic mass is 10.0. The number of nitriles is 1. The number of esters is 1. The van der Waals surface area contributed by atoms with Crippen molar-refractivity contribution in [2.24, 2.45) is 0 Å². The predicted octanol–water partition coefficient (Wildman–Crippen LogP) is 5.03. The molecule has 0 N–H and O–H groups in total. The number of nitrogens with zero attached hydrogens (tertiary/aromatic N) is 2. The zero-order chi connectivity index (χ0) is 22.4. The van der Waals surface area contributed by atoms with Gasteiger partial charge in [0.1, 0.15) is 5.82 Å². The van der Waals surface area contributed by atoms with Crippen LogP contribution in [-0.2, 0) is 0 Å². The molecule has 0 radical (unpaired) electrons. The Morgan fingerprint density at radius 3 is 2.42 bits per heavy atom. The first-order valence-corrected chi connectivity index (χ1v) is 8.94. The van der Waals surface area contributed by atoms with E-state index >= 15 is 0 Å². The summed E-state index contributed by atoms with van der Waals surface area (Å²) in [5, 5.41) is 20.1. The Kier molecular flexibility index (Phi) is 6.38. The van der Waals surface area contributed by atoms with Crippen molar-refractivity contribution < 1.29 is 23.6 Å². The first-order chi connectivity index (χ1) is 14.9. The molecule has 3 aromatic rings. The highest BCUT2D eigenvalue weighted by Gasteiger charge is 2.15. The maximum atomic E-state index is 14.0. The number of rotatable bonds is 6. The number of nitro benzene ring substituents is 1. The van der Waals surface area contributed by atoms with Gasteiger partial charge in [0.05, 0.1) is 29.2 Å². The number of carbonyl (C=O) groups excluding carboxylic acids is 1. The second-order valence-electron chi connectivity index (χ2n) is 6.25. The van der Waals surface area contributed by atoms with Crippen LogP contribution in [0.5, 0.6) is 11.5 Å². The Balaban J connectivity index is 1.86. The summed E-state index contributed by atoms with van der Waals surface area (Å²) in [5.41, 5.74) is 0.802. The Bertz CT molecular complexity index is 1210. The molecular formula is C23H15FN2O5. The van der Waals surface area contributed by atoms with Crippen LogP contribution in [0.3, 0.4) is 0 Å². The molecule has 0 spiro atoms. The van der Waals surface area contributed by atoms with Crippen molar-refractivity contribution in [3.8, 4) is 17.6 Å². The van der Waals surface area contributed by atoms with Gasteiger partial charge in [-0.05, 0) is 42.0 Å². The second kappa shape index (κ2) is 9.33. The summed E-state index contributed by atoms with van der Waals surface area (Å²) < 4.78 is 24.6. The summed E-state index contributed by atoms with van der Waals surface area (Å²) >= 11 is 0. The fourth-order valence-corrected chi connectivity index (χ4v) is 2.75. The zero-order valence-corrected chi connectivity index (χ0v) is 16.2. The molecule has 0 aliphatic heterocycles. The number of hydrogen-bond acceptors (Lipinski definition) is 6. The van der Waals surface area contributed by atoms with E-state index in [9.17, 15) is 24.6 Å². The summed E-state index contributed by atoms with van der Waals surface area (Å²) in [6.45, 7) is 0. The highest BCUT2D eigenvalue weighted by Crippen LogP contribution is 2.31. The van der Waals surface area contributed by atoms with Crippen LogP contribution in [0.1, 0.15) is 21.5 Å². The highest BCUT2D eigenvalue weighted by atomic mass is 19.1. The SMILES string of the molecule is COc1cc(/C=C(/C#N)c2ccccc2F)ccc1OC(=O)c1ccc([N+](=O)[O-])cc1. The summed E-state index contributed by atoms with van der Waals surface area (Å²) in [4.78, 5) is 22.5. The maximum absolute atomic E-state index is 14.0. The van der Waals surface area contributed by atoms with Crippen molar-refractivity contribution in [1.82, 2.24) is 0 Å². The van der Waals surface area contributed by atoms with E-state index in [1.54, 1.807) is 12.1 Å². The van der Waals surface area contributed by atoms with Crippen LogP contribution in [0.15, 0.2) is 66.7 Å². The number of allylic oxidation sites excluding steroid dienone is 1. The van der Waals surface area contributed by atoms with E-state index in [0.717, 1.165) is 0 Å². The van der Waals surface area contributed by atoms with Crippen molar-refractivity contribution in [1.29, 1.82) is 5.26 Å². The number of halogens is 1.